The summed E-state index contributed by atoms with van der Waals surface area (Å²) in [6, 6.07) is 3.01. The van der Waals surface area contributed by atoms with Crippen molar-refractivity contribution in [2.75, 3.05) is 6.61 Å². The van der Waals surface area contributed by atoms with Gasteiger partial charge in [0.1, 0.15) is 12.4 Å². The van der Waals surface area contributed by atoms with Gasteiger partial charge in [0.05, 0.1) is 6.10 Å². The van der Waals surface area contributed by atoms with Gasteiger partial charge in [-0.05, 0) is 25.0 Å². The number of benzene rings is 1. The Morgan fingerprint density at radius 2 is 2.22 bits per heavy atom. The highest BCUT2D eigenvalue weighted by Gasteiger charge is 2.30. The summed E-state index contributed by atoms with van der Waals surface area (Å²) in [5, 5.41) is 8.72. The third-order valence-corrected chi connectivity index (χ3v) is 2.70. The minimum Gasteiger partial charge on any atom is -0.488 e. The summed E-state index contributed by atoms with van der Waals surface area (Å²) in [6.45, 7) is 0.0479. The van der Waals surface area contributed by atoms with E-state index in [0.717, 1.165) is 12.1 Å². The summed E-state index contributed by atoms with van der Waals surface area (Å²) < 4.78 is 36.2. The Morgan fingerprint density at radius 3 is 2.83 bits per heavy atom. The van der Waals surface area contributed by atoms with Gasteiger partial charge in [-0.3, -0.25) is 0 Å². The lowest BCUT2D eigenvalue weighted by Crippen LogP contribution is -2.23. The number of aliphatic carboxylic acids is 1. The van der Waals surface area contributed by atoms with Gasteiger partial charge in [0.25, 0.3) is 0 Å². The molecule has 1 aliphatic rings. The molecule has 1 aliphatic heterocycles. The molecule has 4 nitrogen and oxygen atoms in total. The number of hydrogen-bond donors (Lipinski definition) is 1. The van der Waals surface area contributed by atoms with E-state index in [4.69, 9.17) is 14.6 Å². The molecular weight excluding hydrogens is 246 g/mol. The van der Waals surface area contributed by atoms with Crippen LogP contribution in [0.4, 0.5) is 8.78 Å². The highest BCUT2D eigenvalue weighted by Crippen LogP contribution is 2.22. The molecule has 0 amide bonds. The first-order chi connectivity index (χ1) is 8.56. The molecule has 1 fully saturated rings. The summed E-state index contributed by atoms with van der Waals surface area (Å²) in [5.74, 6) is -2.55. The monoisotopic (exact) mass is 258 g/mol. The van der Waals surface area contributed by atoms with E-state index in [1.807, 2.05) is 0 Å². The van der Waals surface area contributed by atoms with Crippen LogP contribution in [0.1, 0.15) is 12.8 Å². The predicted molar refractivity (Wildman–Crippen MR) is 57.4 cm³/mol. The molecule has 0 saturated carbocycles. The van der Waals surface area contributed by atoms with Gasteiger partial charge in [-0.25, -0.2) is 13.6 Å². The fourth-order valence-corrected chi connectivity index (χ4v) is 1.78. The number of carbonyl (C=O) groups is 1. The van der Waals surface area contributed by atoms with E-state index >= 15 is 0 Å². The second-order valence-corrected chi connectivity index (χ2v) is 4.05. The Hall–Kier alpha value is -1.69. The molecule has 0 spiro atoms. The van der Waals surface area contributed by atoms with Crippen LogP contribution in [0.2, 0.25) is 0 Å². The van der Waals surface area contributed by atoms with E-state index in [0.29, 0.717) is 12.8 Å². The quantitative estimate of drug-likeness (QED) is 0.897. The van der Waals surface area contributed by atoms with Gasteiger partial charge >= 0.3 is 5.97 Å². The Kier molecular flexibility index (Phi) is 3.76. The van der Waals surface area contributed by atoms with E-state index in [-0.39, 0.29) is 18.5 Å². The highest BCUT2D eigenvalue weighted by atomic mass is 19.1. The number of carboxylic acids is 1. The van der Waals surface area contributed by atoms with Crippen molar-refractivity contribution >= 4 is 5.97 Å². The lowest BCUT2D eigenvalue weighted by molar-refractivity contribution is -0.149. The van der Waals surface area contributed by atoms with Crippen molar-refractivity contribution in [1.82, 2.24) is 0 Å². The molecule has 0 aliphatic carbocycles. The van der Waals surface area contributed by atoms with Crippen molar-refractivity contribution in [2.24, 2.45) is 0 Å². The molecule has 98 valence electrons. The van der Waals surface area contributed by atoms with Gasteiger partial charge in [-0.2, -0.15) is 0 Å². The first-order valence-electron chi connectivity index (χ1n) is 5.52. The molecule has 2 rings (SSSR count). The number of ether oxygens (including phenoxy) is 2. The second kappa shape index (κ2) is 5.30. The van der Waals surface area contributed by atoms with E-state index in [9.17, 15) is 13.6 Å². The normalized spacial score (nSPS) is 23.0. The summed E-state index contributed by atoms with van der Waals surface area (Å²) in [4.78, 5) is 10.6. The molecule has 1 saturated heterocycles. The Labute approximate surface area is 102 Å². The molecule has 1 N–H and O–H groups in total. The van der Waals surface area contributed by atoms with Gasteiger partial charge < -0.3 is 14.6 Å². The maximum absolute atomic E-state index is 13.2. The van der Waals surface area contributed by atoms with Crippen LogP contribution in [0.3, 0.4) is 0 Å². The van der Waals surface area contributed by atoms with Gasteiger partial charge in [-0.1, -0.05) is 0 Å². The lowest BCUT2D eigenvalue weighted by Gasteiger charge is -2.13. The fraction of sp³-hybridized carbons (Fsp3) is 0.417. The fourth-order valence-electron chi connectivity index (χ4n) is 1.78. The molecule has 18 heavy (non-hydrogen) atoms. The zero-order valence-corrected chi connectivity index (χ0v) is 9.44. The van der Waals surface area contributed by atoms with Crippen molar-refractivity contribution in [2.45, 2.75) is 25.0 Å². The largest absolute Gasteiger partial charge is 0.488 e. The van der Waals surface area contributed by atoms with Gasteiger partial charge in [-0.15, -0.1) is 0 Å². The summed E-state index contributed by atoms with van der Waals surface area (Å²) in [5.41, 5.74) is 0. The first-order valence-corrected chi connectivity index (χ1v) is 5.52. The molecule has 1 aromatic carbocycles. The highest BCUT2D eigenvalue weighted by molar-refractivity contribution is 5.72. The molecule has 0 radical (unpaired) electrons. The maximum Gasteiger partial charge on any atom is 0.332 e. The van der Waals surface area contributed by atoms with Gasteiger partial charge in [0.2, 0.25) is 0 Å². The molecule has 0 bridgehead atoms. The van der Waals surface area contributed by atoms with Crippen LogP contribution < -0.4 is 4.74 Å². The van der Waals surface area contributed by atoms with Gasteiger partial charge in [0, 0.05) is 6.07 Å². The zero-order valence-electron chi connectivity index (χ0n) is 9.44. The average Bonchev–Trinajstić information content (AvgIpc) is 2.76. The van der Waals surface area contributed by atoms with E-state index in [1.165, 1.54) is 6.07 Å². The van der Waals surface area contributed by atoms with Crippen molar-refractivity contribution in [3.8, 4) is 5.75 Å². The van der Waals surface area contributed by atoms with E-state index < -0.39 is 23.7 Å². The minimum absolute atomic E-state index is 0.0479. The standard InChI is InChI=1S/C12H12F2O4/c13-7-1-3-10(9(14)5-7)17-6-8-2-4-11(18-8)12(15)16/h1,3,5,8,11H,2,4,6H2,(H,15,16). The summed E-state index contributed by atoms with van der Waals surface area (Å²) >= 11 is 0. The van der Waals surface area contributed by atoms with Crippen LogP contribution >= 0.6 is 0 Å². The Balaban J connectivity index is 1.87. The topological polar surface area (TPSA) is 55.8 Å². The number of rotatable bonds is 4. The van der Waals surface area contributed by atoms with Crippen LogP contribution in [-0.2, 0) is 9.53 Å². The Morgan fingerprint density at radius 1 is 1.44 bits per heavy atom. The minimum atomic E-state index is -1.01. The maximum atomic E-state index is 13.2. The average molecular weight is 258 g/mol. The van der Waals surface area contributed by atoms with Crippen molar-refractivity contribution < 1.29 is 28.2 Å². The molecular formula is C12H12F2O4. The van der Waals surface area contributed by atoms with Crippen LogP contribution in [0.5, 0.6) is 5.75 Å². The third kappa shape index (κ3) is 2.95. The Bertz CT molecular complexity index is 450. The van der Waals surface area contributed by atoms with Crippen molar-refractivity contribution in [1.29, 1.82) is 0 Å². The molecule has 1 heterocycles. The van der Waals surface area contributed by atoms with Crippen LogP contribution in [0, 0.1) is 11.6 Å². The second-order valence-electron chi connectivity index (χ2n) is 4.05. The van der Waals surface area contributed by atoms with Crippen LogP contribution in [-0.4, -0.2) is 29.9 Å². The smallest absolute Gasteiger partial charge is 0.332 e. The van der Waals surface area contributed by atoms with E-state index in [2.05, 4.69) is 0 Å². The van der Waals surface area contributed by atoms with Crippen molar-refractivity contribution in [3.63, 3.8) is 0 Å². The van der Waals surface area contributed by atoms with Gasteiger partial charge in [0.15, 0.2) is 17.7 Å². The number of hydrogen-bond acceptors (Lipinski definition) is 3. The summed E-state index contributed by atoms with van der Waals surface area (Å²) in [7, 11) is 0. The SMILES string of the molecule is O=C(O)C1CCC(COc2ccc(F)cc2F)O1. The van der Waals surface area contributed by atoms with Crippen molar-refractivity contribution in [3.05, 3.63) is 29.8 Å². The third-order valence-electron chi connectivity index (χ3n) is 2.70. The molecule has 0 aromatic heterocycles. The van der Waals surface area contributed by atoms with Crippen LogP contribution in [0.15, 0.2) is 18.2 Å². The molecule has 6 heteroatoms. The molecule has 2 atom stereocenters. The summed E-state index contributed by atoms with van der Waals surface area (Å²) in [6.07, 6.45) is -0.248. The number of halogens is 2. The molecule has 2 unspecified atom stereocenters. The van der Waals surface area contributed by atoms with Crippen LogP contribution in [0.25, 0.3) is 0 Å². The number of carboxylic acid groups (broad SMARTS) is 1. The van der Waals surface area contributed by atoms with E-state index in [1.54, 1.807) is 0 Å². The first kappa shape index (κ1) is 12.8. The lowest BCUT2D eigenvalue weighted by atomic mass is 10.2. The molecule has 1 aromatic rings. The predicted octanol–water partition coefficient (Wildman–Crippen LogP) is 1.98. The zero-order chi connectivity index (χ0) is 13.1.